The van der Waals surface area contributed by atoms with E-state index in [0.29, 0.717) is 22.9 Å². The Morgan fingerprint density at radius 2 is 2.04 bits per heavy atom. The van der Waals surface area contributed by atoms with Crippen LogP contribution in [0.4, 0.5) is 10.5 Å². The van der Waals surface area contributed by atoms with Crippen LogP contribution in [0.15, 0.2) is 18.2 Å². The largest absolute Gasteiger partial charge is 0.491 e. The van der Waals surface area contributed by atoms with Gasteiger partial charge in [-0.15, -0.1) is 11.3 Å². The lowest BCUT2D eigenvalue weighted by Crippen LogP contribution is -2.35. The number of thiophene rings is 1. The van der Waals surface area contributed by atoms with E-state index in [1.54, 1.807) is 6.07 Å². The molecular weight excluding hydrogens is 340 g/mol. The van der Waals surface area contributed by atoms with Gasteiger partial charge in [0.25, 0.3) is 0 Å². The molecule has 0 aliphatic carbocycles. The molecule has 0 bridgehead atoms. The normalized spacial score (nSPS) is 11.8. The van der Waals surface area contributed by atoms with Gasteiger partial charge in [-0.2, -0.15) is 0 Å². The van der Waals surface area contributed by atoms with E-state index in [4.69, 9.17) is 9.47 Å². The zero-order chi connectivity index (χ0) is 18.4. The summed E-state index contributed by atoms with van der Waals surface area (Å²) in [7, 11) is 1.35. The quantitative estimate of drug-likeness (QED) is 0.714. The lowest BCUT2D eigenvalue weighted by molar-refractivity contribution is 0.0602. The second-order valence-corrected chi connectivity index (χ2v) is 6.77. The highest BCUT2D eigenvalue weighted by Gasteiger charge is 2.21. The number of hydrogen-bond donors (Lipinski definition) is 2. The average molecular weight is 364 g/mol. The first-order valence-electron chi connectivity index (χ1n) is 8.35. The lowest BCUT2D eigenvalue weighted by atomic mass is 10.2. The smallest absolute Gasteiger partial charge is 0.351 e. The van der Waals surface area contributed by atoms with E-state index in [0.717, 1.165) is 22.9 Å². The topological polar surface area (TPSA) is 76.7 Å². The molecule has 136 valence electrons. The minimum atomic E-state index is -0.420. The van der Waals surface area contributed by atoms with Gasteiger partial charge in [-0.1, -0.05) is 13.8 Å². The Bertz CT molecular complexity index is 757. The molecule has 0 fully saturated rings. The number of urea groups is 1. The lowest BCUT2D eigenvalue weighted by Gasteiger charge is -2.12. The predicted molar refractivity (Wildman–Crippen MR) is 101 cm³/mol. The summed E-state index contributed by atoms with van der Waals surface area (Å²) in [6.07, 6.45) is 1.68. The minimum Gasteiger partial charge on any atom is -0.491 e. The molecule has 2 aromatic rings. The molecule has 0 spiro atoms. The van der Waals surface area contributed by atoms with Crippen LogP contribution in [0.2, 0.25) is 0 Å². The molecule has 6 nitrogen and oxygen atoms in total. The van der Waals surface area contributed by atoms with E-state index in [-0.39, 0.29) is 12.1 Å². The van der Waals surface area contributed by atoms with Crippen LogP contribution in [-0.2, 0) is 4.74 Å². The summed E-state index contributed by atoms with van der Waals surface area (Å²) in [5.74, 6) is 0.0935. The predicted octanol–water partition coefficient (Wildman–Crippen LogP) is 4.40. The van der Waals surface area contributed by atoms with Crippen LogP contribution in [-0.4, -0.2) is 31.8 Å². The van der Waals surface area contributed by atoms with Crippen molar-refractivity contribution in [3.8, 4) is 5.75 Å². The van der Waals surface area contributed by atoms with Crippen LogP contribution >= 0.6 is 11.3 Å². The number of methoxy groups -OCH3 is 1. The summed E-state index contributed by atoms with van der Waals surface area (Å²) in [5, 5.41) is 6.46. The Balaban J connectivity index is 2.33. The third-order valence-corrected chi connectivity index (χ3v) is 4.84. The second-order valence-electron chi connectivity index (χ2n) is 5.72. The number of ether oxygens (including phenoxy) is 2. The molecule has 0 aliphatic rings. The summed E-state index contributed by atoms with van der Waals surface area (Å²) in [6, 6.07) is 5.33. The Hall–Kier alpha value is -2.28. The van der Waals surface area contributed by atoms with Crippen LogP contribution in [0, 0.1) is 0 Å². The summed E-state index contributed by atoms with van der Waals surface area (Å²) < 4.78 is 11.5. The summed E-state index contributed by atoms with van der Waals surface area (Å²) >= 11 is 1.32. The van der Waals surface area contributed by atoms with Crippen LogP contribution in [0.3, 0.4) is 0 Å². The monoisotopic (exact) mass is 364 g/mol. The zero-order valence-corrected chi connectivity index (χ0v) is 15.8. The number of fused-ring (bicyclic) bond motifs is 1. The van der Waals surface area contributed by atoms with Gasteiger partial charge in [-0.3, -0.25) is 0 Å². The average Bonchev–Trinajstić information content (AvgIpc) is 2.96. The van der Waals surface area contributed by atoms with Crippen molar-refractivity contribution >= 4 is 39.1 Å². The van der Waals surface area contributed by atoms with Crippen molar-refractivity contribution in [2.45, 2.75) is 39.7 Å². The molecule has 2 N–H and O–H groups in total. The molecule has 2 amide bonds. The molecule has 1 aromatic carbocycles. The van der Waals surface area contributed by atoms with Gasteiger partial charge in [0, 0.05) is 21.8 Å². The number of hydrogen-bond acceptors (Lipinski definition) is 5. The first-order chi connectivity index (χ1) is 12.0. The molecule has 1 atom stereocenters. The maximum atomic E-state index is 12.0. The van der Waals surface area contributed by atoms with Gasteiger partial charge in [0.15, 0.2) is 10.6 Å². The van der Waals surface area contributed by atoms with Crippen molar-refractivity contribution < 1.29 is 19.1 Å². The zero-order valence-electron chi connectivity index (χ0n) is 15.0. The Morgan fingerprint density at radius 3 is 2.68 bits per heavy atom. The molecule has 0 saturated heterocycles. The Labute approximate surface area is 151 Å². The molecule has 2 rings (SSSR count). The molecular formula is C18H24N2O4S. The number of amides is 2. The summed E-state index contributed by atoms with van der Waals surface area (Å²) in [4.78, 5) is 24.5. The van der Waals surface area contributed by atoms with Crippen LogP contribution in [0.1, 0.15) is 43.3 Å². The SMILES string of the molecule is CCCOc1c(C(=O)OC)sc2ccc(NC(=O)NC(C)CC)cc12. The number of benzene rings is 1. The van der Waals surface area contributed by atoms with Gasteiger partial charge < -0.3 is 20.1 Å². The van der Waals surface area contributed by atoms with Crippen LogP contribution < -0.4 is 15.4 Å². The number of esters is 1. The molecule has 0 aliphatic heterocycles. The van der Waals surface area contributed by atoms with Crippen molar-refractivity contribution in [1.29, 1.82) is 0 Å². The van der Waals surface area contributed by atoms with Crippen molar-refractivity contribution in [2.24, 2.45) is 0 Å². The van der Waals surface area contributed by atoms with Crippen molar-refractivity contribution in [2.75, 3.05) is 19.0 Å². The van der Waals surface area contributed by atoms with Gasteiger partial charge in [-0.25, -0.2) is 9.59 Å². The molecule has 1 aromatic heterocycles. The number of anilines is 1. The molecule has 0 saturated carbocycles. The van der Waals surface area contributed by atoms with Crippen LogP contribution in [0.25, 0.3) is 10.1 Å². The third kappa shape index (κ3) is 4.63. The van der Waals surface area contributed by atoms with Crippen LogP contribution in [0.5, 0.6) is 5.75 Å². The van der Waals surface area contributed by atoms with Gasteiger partial charge in [0.1, 0.15) is 0 Å². The van der Waals surface area contributed by atoms with E-state index in [1.165, 1.54) is 18.4 Å². The van der Waals surface area contributed by atoms with E-state index in [1.807, 2.05) is 32.9 Å². The van der Waals surface area contributed by atoms with Gasteiger partial charge in [0.05, 0.1) is 13.7 Å². The highest BCUT2D eigenvalue weighted by Crippen LogP contribution is 2.39. The second kappa shape index (κ2) is 8.71. The van der Waals surface area contributed by atoms with E-state index >= 15 is 0 Å². The van der Waals surface area contributed by atoms with E-state index in [9.17, 15) is 9.59 Å². The highest BCUT2D eigenvalue weighted by atomic mass is 32.1. The van der Waals surface area contributed by atoms with Crippen molar-refractivity contribution in [3.05, 3.63) is 23.1 Å². The van der Waals surface area contributed by atoms with Gasteiger partial charge >= 0.3 is 12.0 Å². The Morgan fingerprint density at radius 1 is 1.28 bits per heavy atom. The van der Waals surface area contributed by atoms with E-state index < -0.39 is 5.97 Å². The molecule has 1 heterocycles. The third-order valence-electron chi connectivity index (χ3n) is 3.71. The van der Waals surface area contributed by atoms with Crippen molar-refractivity contribution in [3.63, 3.8) is 0 Å². The standard InChI is InChI=1S/C18H24N2O4S/c1-5-9-24-15-13-10-12(20-18(22)19-11(3)6-2)7-8-14(13)25-16(15)17(21)23-4/h7-8,10-11H,5-6,9H2,1-4H3,(H2,19,20,22). The fraction of sp³-hybridized carbons (Fsp3) is 0.444. The van der Waals surface area contributed by atoms with Gasteiger partial charge in [-0.05, 0) is 38.0 Å². The highest BCUT2D eigenvalue weighted by molar-refractivity contribution is 7.21. The number of nitrogens with one attached hydrogen (secondary N) is 2. The minimum absolute atomic E-state index is 0.0965. The van der Waals surface area contributed by atoms with Gasteiger partial charge in [0.2, 0.25) is 0 Å². The summed E-state index contributed by atoms with van der Waals surface area (Å²) in [5.41, 5.74) is 0.642. The number of carbonyl (C=O) groups excluding carboxylic acids is 2. The fourth-order valence-corrected chi connectivity index (χ4v) is 3.27. The number of rotatable bonds is 7. The maximum Gasteiger partial charge on any atom is 0.351 e. The molecule has 7 heteroatoms. The van der Waals surface area contributed by atoms with Crippen molar-refractivity contribution in [1.82, 2.24) is 5.32 Å². The van der Waals surface area contributed by atoms with E-state index in [2.05, 4.69) is 10.6 Å². The Kier molecular flexibility index (Phi) is 6.64. The summed E-state index contributed by atoms with van der Waals surface area (Å²) in [6.45, 7) is 6.45. The number of carbonyl (C=O) groups is 2. The maximum absolute atomic E-state index is 12.0. The molecule has 1 unspecified atom stereocenters. The fourth-order valence-electron chi connectivity index (χ4n) is 2.22. The molecule has 0 radical (unpaired) electrons. The molecule has 25 heavy (non-hydrogen) atoms. The first kappa shape index (κ1) is 19.1. The first-order valence-corrected chi connectivity index (χ1v) is 9.16.